The summed E-state index contributed by atoms with van der Waals surface area (Å²) in [6.07, 6.45) is -0.357. The minimum atomic E-state index is -3.54. The summed E-state index contributed by atoms with van der Waals surface area (Å²) in [5.74, 6) is 0. The number of fused-ring (bicyclic) bond motifs is 1. The van der Waals surface area contributed by atoms with Crippen LogP contribution in [-0.2, 0) is 13.8 Å². The van der Waals surface area contributed by atoms with Crippen molar-refractivity contribution in [3.63, 3.8) is 0 Å². The number of aliphatic hydroxyl groups is 2. The first kappa shape index (κ1) is 15.4. The first-order chi connectivity index (χ1) is 8.95. The Bertz CT molecular complexity index is 405. The maximum atomic E-state index is 11.4. The largest absolute Gasteiger partial charge is 0.394 e. The molecule has 0 bridgehead atoms. The maximum Gasteiger partial charge on any atom is 0.328 e. The molecule has 0 aromatic heterocycles. The molecule has 3 N–H and O–H groups in total. The first-order valence-corrected chi connectivity index (χ1v) is 8.64. The zero-order chi connectivity index (χ0) is 14.0. The predicted molar refractivity (Wildman–Crippen MR) is 71.5 cm³/mol. The Morgan fingerprint density at radius 1 is 1.63 bits per heavy atom. The average Bonchev–Trinajstić information content (AvgIpc) is 2.80. The van der Waals surface area contributed by atoms with Gasteiger partial charge in [0.05, 0.1) is 30.0 Å². The van der Waals surface area contributed by atoms with Gasteiger partial charge in [-0.15, -0.1) is 0 Å². The van der Waals surface area contributed by atoms with Crippen molar-refractivity contribution in [2.24, 2.45) is 4.99 Å². The van der Waals surface area contributed by atoms with Crippen LogP contribution >= 0.6 is 19.4 Å². The number of hydrogen-bond acceptors (Lipinski definition) is 7. The van der Waals surface area contributed by atoms with Crippen molar-refractivity contribution in [3.8, 4) is 0 Å². The standard InChI is InChI=1S/C10H18NO6PS/c1-16-18(14,15)3-2-8-11-9-7(13)4-6(5-12)17-10(9)19-8/h6-7,9-10,12-13H,2-5H2,1H3,(H,14,15). The molecule has 2 rings (SSSR count). The summed E-state index contributed by atoms with van der Waals surface area (Å²) in [4.78, 5) is 13.7. The van der Waals surface area contributed by atoms with Gasteiger partial charge >= 0.3 is 7.60 Å². The van der Waals surface area contributed by atoms with E-state index in [1.165, 1.54) is 18.9 Å². The number of aliphatic hydroxyl groups excluding tert-OH is 2. The number of ether oxygens (including phenoxy) is 1. The summed E-state index contributed by atoms with van der Waals surface area (Å²) in [5, 5.41) is 19.7. The molecule has 2 heterocycles. The molecule has 5 atom stereocenters. The molecule has 0 saturated carbocycles. The van der Waals surface area contributed by atoms with E-state index < -0.39 is 13.7 Å². The molecule has 1 fully saturated rings. The van der Waals surface area contributed by atoms with Gasteiger partial charge < -0.3 is 24.4 Å². The third kappa shape index (κ3) is 3.78. The fourth-order valence-corrected chi connectivity index (χ4v) is 4.15. The van der Waals surface area contributed by atoms with Gasteiger partial charge in [0.2, 0.25) is 0 Å². The summed E-state index contributed by atoms with van der Waals surface area (Å²) >= 11 is 1.34. The second-order valence-corrected chi connectivity index (χ2v) is 7.80. The second kappa shape index (κ2) is 6.22. The minimum Gasteiger partial charge on any atom is -0.394 e. The lowest BCUT2D eigenvalue weighted by Gasteiger charge is -2.33. The van der Waals surface area contributed by atoms with Crippen LogP contribution in [0.5, 0.6) is 0 Å². The van der Waals surface area contributed by atoms with E-state index in [1.54, 1.807) is 0 Å². The van der Waals surface area contributed by atoms with Gasteiger partial charge in [-0.2, -0.15) is 0 Å². The van der Waals surface area contributed by atoms with Crippen LogP contribution in [0.25, 0.3) is 0 Å². The van der Waals surface area contributed by atoms with Crippen molar-refractivity contribution in [1.82, 2.24) is 0 Å². The van der Waals surface area contributed by atoms with Gasteiger partial charge in [-0.1, -0.05) is 11.8 Å². The van der Waals surface area contributed by atoms with Crippen LogP contribution < -0.4 is 0 Å². The van der Waals surface area contributed by atoms with Crippen molar-refractivity contribution in [2.75, 3.05) is 19.9 Å². The van der Waals surface area contributed by atoms with Crippen LogP contribution in [0.2, 0.25) is 0 Å². The van der Waals surface area contributed by atoms with E-state index in [-0.39, 0.29) is 30.4 Å². The first-order valence-electron chi connectivity index (χ1n) is 6.00. The van der Waals surface area contributed by atoms with Crippen LogP contribution in [0, 0.1) is 0 Å². The topological polar surface area (TPSA) is 109 Å². The lowest BCUT2D eigenvalue weighted by molar-refractivity contribution is -0.0875. The average molecular weight is 311 g/mol. The Balaban J connectivity index is 1.93. The molecule has 0 radical (unpaired) electrons. The van der Waals surface area contributed by atoms with Crippen molar-refractivity contribution in [2.45, 2.75) is 36.5 Å². The van der Waals surface area contributed by atoms with Gasteiger partial charge in [0.1, 0.15) is 11.5 Å². The molecule has 0 spiro atoms. The van der Waals surface area contributed by atoms with Gasteiger partial charge in [-0.05, 0) is 0 Å². The Hall–Kier alpha value is 0.0500. The van der Waals surface area contributed by atoms with Crippen molar-refractivity contribution >= 4 is 24.4 Å². The summed E-state index contributed by atoms with van der Waals surface area (Å²) in [6, 6.07) is -0.358. The zero-order valence-corrected chi connectivity index (χ0v) is 12.2. The van der Waals surface area contributed by atoms with E-state index in [0.717, 1.165) is 0 Å². The van der Waals surface area contributed by atoms with Crippen LogP contribution in [-0.4, -0.2) is 63.7 Å². The SMILES string of the molecule is COP(=O)(O)CCC1=NC2C(O)CC(CO)OC2S1. The molecule has 19 heavy (non-hydrogen) atoms. The highest BCUT2D eigenvalue weighted by molar-refractivity contribution is 8.14. The van der Waals surface area contributed by atoms with Crippen LogP contribution in [0.1, 0.15) is 12.8 Å². The lowest BCUT2D eigenvalue weighted by atomic mass is 10.0. The molecule has 0 amide bonds. The van der Waals surface area contributed by atoms with Crippen LogP contribution in [0.4, 0.5) is 0 Å². The molecule has 110 valence electrons. The number of rotatable bonds is 5. The normalized spacial score (nSPS) is 37.6. The van der Waals surface area contributed by atoms with Crippen molar-refractivity contribution in [1.29, 1.82) is 0 Å². The van der Waals surface area contributed by atoms with Gasteiger partial charge in [-0.25, -0.2) is 0 Å². The molecule has 0 aromatic carbocycles. The van der Waals surface area contributed by atoms with E-state index in [1.807, 2.05) is 0 Å². The third-order valence-electron chi connectivity index (χ3n) is 3.15. The molecule has 0 aliphatic carbocycles. The summed E-state index contributed by atoms with van der Waals surface area (Å²) in [7, 11) is -2.34. The lowest BCUT2D eigenvalue weighted by Crippen LogP contribution is -2.45. The fraction of sp³-hybridized carbons (Fsp3) is 0.900. The van der Waals surface area contributed by atoms with E-state index >= 15 is 0 Å². The Kier molecular flexibility index (Phi) is 5.05. The fourth-order valence-electron chi connectivity index (χ4n) is 2.06. The number of thioether (sulfide) groups is 1. The molecule has 7 nitrogen and oxygen atoms in total. The predicted octanol–water partition coefficient (Wildman–Crippen LogP) is 0.190. The quantitative estimate of drug-likeness (QED) is 0.622. The Morgan fingerprint density at radius 3 is 3.00 bits per heavy atom. The molecule has 2 aliphatic heterocycles. The van der Waals surface area contributed by atoms with Gasteiger partial charge in [0.15, 0.2) is 0 Å². The van der Waals surface area contributed by atoms with Crippen LogP contribution in [0.3, 0.4) is 0 Å². The van der Waals surface area contributed by atoms with E-state index in [4.69, 9.17) is 9.84 Å². The molecular formula is C10H18NO6PS. The van der Waals surface area contributed by atoms with Crippen molar-refractivity contribution in [3.05, 3.63) is 0 Å². The van der Waals surface area contributed by atoms with Gasteiger partial charge in [0, 0.05) is 20.0 Å². The van der Waals surface area contributed by atoms with Crippen LogP contribution in [0.15, 0.2) is 4.99 Å². The summed E-state index contributed by atoms with van der Waals surface area (Å²) in [5.41, 5.74) is -0.323. The van der Waals surface area contributed by atoms with E-state index in [0.29, 0.717) is 17.9 Å². The molecular weight excluding hydrogens is 293 g/mol. The van der Waals surface area contributed by atoms with Gasteiger partial charge in [-0.3, -0.25) is 9.56 Å². The van der Waals surface area contributed by atoms with Crippen molar-refractivity contribution < 1.29 is 28.9 Å². The summed E-state index contributed by atoms with van der Waals surface area (Å²) < 4.78 is 21.5. The van der Waals surface area contributed by atoms with E-state index in [2.05, 4.69) is 9.52 Å². The zero-order valence-electron chi connectivity index (χ0n) is 10.5. The highest BCUT2D eigenvalue weighted by atomic mass is 32.2. The second-order valence-electron chi connectivity index (χ2n) is 4.54. The number of aliphatic imine (C=N–C) groups is 1. The van der Waals surface area contributed by atoms with Gasteiger partial charge in [0.25, 0.3) is 0 Å². The third-order valence-corrected chi connectivity index (χ3v) is 5.71. The minimum absolute atomic E-state index is 0.00566. The smallest absolute Gasteiger partial charge is 0.328 e. The Labute approximate surface area is 115 Å². The molecule has 0 aromatic rings. The van der Waals surface area contributed by atoms with E-state index in [9.17, 15) is 14.6 Å². The Morgan fingerprint density at radius 2 is 2.37 bits per heavy atom. The molecule has 5 unspecified atom stereocenters. The molecule has 9 heteroatoms. The highest BCUT2D eigenvalue weighted by Crippen LogP contribution is 2.43. The number of hydrogen-bond donors (Lipinski definition) is 3. The monoisotopic (exact) mass is 311 g/mol. The summed E-state index contributed by atoms with van der Waals surface area (Å²) in [6.45, 7) is -0.133. The molecule has 2 aliphatic rings. The molecule has 1 saturated heterocycles. The maximum absolute atomic E-state index is 11.4. The highest BCUT2D eigenvalue weighted by Gasteiger charge is 2.42. The number of nitrogens with zero attached hydrogens (tertiary/aromatic N) is 1.